The molecule has 0 saturated carbocycles. The fourth-order valence-electron chi connectivity index (χ4n) is 3.04. The zero-order chi connectivity index (χ0) is 15.2. The summed E-state index contributed by atoms with van der Waals surface area (Å²) in [5, 5.41) is 0. The Hall–Kier alpha value is -2.10. The molecule has 0 aromatic heterocycles. The van der Waals surface area contributed by atoms with Crippen LogP contribution in [0.15, 0.2) is 40.7 Å². The summed E-state index contributed by atoms with van der Waals surface area (Å²) in [7, 11) is 3.80. The van der Waals surface area contributed by atoms with Crippen molar-refractivity contribution < 1.29 is 9.53 Å². The molecule has 0 atom stereocenters. The van der Waals surface area contributed by atoms with Gasteiger partial charge in [-0.2, -0.15) is 0 Å². The third kappa shape index (κ3) is 1.82. The fourth-order valence-corrected chi connectivity index (χ4v) is 3.04. The molecule has 0 saturated heterocycles. The molecule has 4 nitrogen and oxygen atoms in total. The number of hydrogen-bond acceptors (Lipinski definition) is 4. The van der Waals surface area contributed by atoms with Crippen LogP contribution < -0.4 is 0 Å². The number of carbonyl (C=O) groups is 1. The van der Waals surface area contributed by atoms with Gasteiger partial charge in [0.25, 0.3) is 0 Å². The molecule has 2 aliphatic heterocycles. The Bertz CT molecular complexity index is 667. The number of hydrogen-bond donors (Lipinski definition) is 0. The molecule has 0 amide bonds. The van der Waals surface area contributed by atoms with Crippen molar-refractivity contribution in [3.05, 3.63) is 41.3 Å². The molecule has 0 radical (unpaired) electrons. The minimum absolute atomic E-state index is 0.0167. The molecule has 0 unspecified atom stereocenters. The van der Waals surface area contributed by atoms with E-state index in [1.807, 2.05) is 43.3 Å². The quantitative estimate of drug-likeness (QED) is 0.855. The van der Waals surface area contributed by atoms with Crippen LogP contribution in [0.25, 0.3) is 0 Å². The second-order valence-electron chi connectivity index (χ2n) is 5.68. The number of ketones is 1. The predicted molar refractivity (Wildman–Crippen MR) is 83.0 cm³/mol. The number of ether oxygens (including phenoxy) is 1. The number of nitrogens with zero attached hydrogens (tertiary/aromatic N) is 2. The Morgan fingerprint density at radius 3 is 2.48 bits per heavy atom. The third-order valence-electron chi connectivity index (χ3n) is 4.33. The van der Waals surface area contributed by atoms with Crippen LogP contribution in [0.5, 0.6) is 0 Å². The van der Waals surface area contributed by atoms with Crippen molar-refractivity contribution >= 4 is 17.2 Å². The highest BCUT2D eigenvalue weighted by atomic mass is 16.5. The van der Waals surface area contributed by atoms with E-state index in [9.17, 15) is 4.79 Å². The average Bonchev–Trinajstić information content (AvgIpc) is 2.83. The SMILES string of the molecule is CCC1(CC)OC(N(C)C)=C2C(=O)c3ccccc3N=C21. The van der Waals surface area contributed by atoms with E-state index < -0.39 is 5.60 Å². The lowest BCUT2D eigenvalue weighted by Crippen LogP contribution is -2.38. The summed E-state index contributed by atoms with van der Waals surface area (Å²) in [5.41, 5.74) is 2.33. The first-order valence-electron chi connectivity index (χ1n) is 7.38. The van der Waals surface area contributed by atoms with Gasteiger partial charge in [0.15, 0.2) is 5.60 Å². The van der Waals surface area contributed by atoms with E-state index >= 15 is 0 Å². The molecule has 21 heavy (non-hydrogen) atoms. The van der Waals surface area contributed by atoms with Crippen molar-refractivity contribution in [3.8, 4) is 0 Å². The van der Waals surface area contributed by atoms with Crippen molar-refractivity contribution in [1.29, 1.82) is 0 Å². The first-order chi connectivity index (χ1) is 10.0. The maximum Gasteiger partial charge on any atom is 0.203 e. The van der Waals surface area contributed by atoms with Crippen molar-refractivity contribution in [1.82, 2.24) is 4.90 Å². The van der Waals surface area contributed by atoms with E-state index in [0.29, 0.717) is 17.0 Å². The smallest absolute Gasteiger partial charge is 0.203 e. The Kier molecular flexibility index (Phi) is 3.12. The summed E-state index contributed by atoms with van der Waals surface area (Å²) in [4.78, 5) is 19.5. The second-order valence-corrected chi connectivity index (χ2v) is 5.68. The Labute approximate surface area is 125 Å². The molecule has 3 rings (SSSR count). The zero-order valence-corrected chi connectivity index (χ0v) is 12.9. The molecule has 0 aliphatic carbocycles. The monoisotopic (exact) mass is 284 g/mol. The number of rotatable bonds is 3. The van der Waals surface area contributed by atoms with Crippen molar-refractivity contribution in [2.45, 2.75) is 32.3 Å². The van der Waals surface area contributed by atoms with Crippen LogP contribution in [-0.2, 0) is 4.74 Å². The van der Waals surface area contributed by atoms with Gasteiger partial charge >= 0.3 is 0 Å². The van der Waals surface area contributed by atoms with Crippen LogP contribution in [0.2, 0.25) is 0 Å². The largest absolute Gasteiger partial charge is 0.465 e. The minimum atomic E-state index is -0.488. The van der Waals surface area contributed by atoms with Crippen molar-refractivity contribution in [2.24, 2.45) is 4.99 Å². The fraction of sp³-hybridized carbons (Fsp3) is 0.412. The maximum absolute atomic E-state index is 12.9. The highest BCUT2D eigenvalue weighted by Gasteiger charge is 2.49. The first kappa shape index (κ1) is 13.9. The van der Waals surface area contributed by atoms with E-state index in [1.165, 1.54) is 0 Å². The van der Waals surface area contributed by atoms with Crippen LogP contribution in [0.4, 0.5) is 5.69 Å². The van der Waals surface area contributed by atoms with Gasteiger partial charge in [0.2, 0.25) is 11.7 Å². The predicted octanol–water partition coefficient (Wildman–Crippen LogP) is 3.32. The average molecular weight is 284 g/mol. The zero-order valence-electron chi connectivity index (χ0n) is 12.9. The number of para-hydroxylation sites is 1. The standard InChI is InChI=1S/C17H20N2O2/c1-5-17(6-2)15-13(16(21-17)19(3)4)14(20)11-9-7-8-10-12(11)18-15/h7-10H,5-6H2,1-4H3. The molecule has 0 bridgehead atoms. The van der Waals surface area contributed by atoms with Gasteiger partial charge in [0, 0.05) is 19.7 Å². The number of benzene rings is 1. The lowest BCUT2D eigenvalue weighted by Gasteiger charge is -2.29. The summed E-state index contributed by atoms with van der Waals surface area (Å²) in [6, 6.07) is 7.50. The van der Waals surface area contributed by atoms with Crippen molar-refractivity contribution in [3.63, 3.8) is 0 Å². The van der Waals surface area contributed by atoms with E-state index in [-0.39, 0.29) is 5.78 Å². The van der Waals surface area contributed by atoms with Gasteiger partial charge in [-0.05, 0) is 25.0 Å². The van der Waals surface area contributed by atoms with Gasteiger partial charge in [-0.3, -0.25) is 4.79 Å². The van der Waals surface area contributed by atoms with Crippen LogP contribution in [0, 0.1) is 0 Å². The Balaban J connectivity index is 2.28. The normalized spacial score (nSPS) is 18.9. The van der Waals surface area contributed by atoms with Gasteiger partial charge in [-0.15, -0.1) is 0 Å². The molecule has 0 N–H and O–H groups in total. The Morgan fingerprint density at radius 1 is 1.19 bits per heavy atom. The van der Waals surface area contributed by atoms with Crippen LogP contribution in [-0.4, -0.2) is 36.1 Å². The molecule has 4 heteroatoms. The van der Waals surface area contributed by atoms with Gasteiger partial charge in [0.05, 0.1) is 5.69 Å². The first-order valence-corrected chi connectivity index (χ1v) is 7.38. The topological polar surface area (TPSA) is 41.9 Å². The molecule has 0 spiro atoms. The van der Waals surface area contributed by atoms with Gasteiger partial charge in [0.1, 0.15) is 11.3 Å². The van der Waals surface area contributed by atoms with Gasteiger partial charge in [-0.1, -0.05) is 26.0 Å². The molecule has 2 heterocycles. The number of aliphatic imine (C=N–C) groups is 1. The molecular formula is C17H20N2O2. The minimum Gasteiger partial charge on any atom is -0.465 e. The van der Waals surface area contributed by atoms with Gasteiger partial charge in [-0.25, -0.2) is 4.99 Å². The van der Waals surface area contributed by atoms with E-state index in [2.05, 4.69) is 13.8 Å². The third-order valence-corrected chi connectivity index (χ3v) is 4.33. The highest BCUT2D eigenvalue weighted by Crippen LogP contribution is 2.43. The summed E-state index contributed by atoms with van der Waals surface area (Å²) in [5.74, 6) is 0.653. The molecule has 1 aromatic rings. The molecule has 0 fully saturated rings. The van der Waals surface area contributed by atoms with Gasteiger partial charge < -0.3 is 9.64 Å². The highest BCUT2D eigenvalue weighted by molar-refractivity contribution is 6.35. The lowest BCUT2D eigenvalue weighted by atomic mass is 9.84. The van der Waals surface area contributed by atoms with Crippen LogP contribution in [0.1, 0.15) is 37.0 Å². The number of fused-ring (bicyclic) bond motifs is 2. The second kappa shape index (κ2) is 4.72. The summed E-state index contributed by atoms with van der Waals surface area (Å²) in [6.07, 6.45) is 1.58. The van der Waals surface area contributed by atoms with E-state index in [0.717, 1.165) is 24.2 Å². The summed E-state index contributed by atoms with van der Waals surface area (Å²) < 4.78 is 6.21. The molecule has 2 aliphatic rings. The van der Waals surface area contributed by atoms with Crippen LogP contribution >= 0.6 is 0 Å². The number of carbonyl (C=O) groups excluding carboxylic acids is 1. The van der Waals surface area contributed by atoms with Crippen LogP contribution in [0.3, 0.4) is 0 Å². The lowest BCUT2D eigenvalue weighted by molar-refractivity contribution is 0.0308. The molecular weight excluding hydrogens is 264 g/mol. The van der Waals surface area contributed by atoms with Crippen molar-refractivity contribution in [2.75, 3.05) is 14.1 Å². The van der Waals surface area contributed by atoms with E-state index in [1.54, 1.807) is 0 Å². The number of Topliss-reactive ketones (excluding diaryl/α,β-unsaturated/α-hetero) is 1. The Morgan fingerprint density at radius 2 is 1.86 bits per heavy atom. The summed E-state index contributed by atoms with van der Waals surface area (Å²) in [6.45, 7) is 4.15. The summed E-state index contributed by atoms with van der Waals surface area (Å²) >= 11 is 0. The molecule has 1 aromatic carbocycles. The maximum atomic E-state index is 12.9. The van der Waals surface area contributed by atoms with E-state index in [4.69, 9.17) is 9.73 Å². The molecule has 110 valence electrons.